The maximum atomic E-state index is 12.0. The summed E-state index contributed by atoms with van der Waals surface area (Å²) in [5, 5.41) is 3.29. The molecule has 2 rings (SSSR count). The number of esters is 1. The number of nitrogens with two attached hydrogens (primary N) is 1. The van der Waals surface area contributed by atoms with Gasteiger partial charge >= 0.3 is 5.97 Å². The highest BCUT2D eigenvalue weighted by atomic mass is 16.5. The molecule has 0 amide bonds. The topological polar surface area (TPSA) is 67.6 Å². The molecule has 0 aliphatic carbocycles. The largest absolute Gasteiger partial charge is 0.462 e. The molecule has 5 nitrogen and oxygen atoms in total. The van der Waals surface area contributed by atoms with Crippen molar-refractivity contribution in [3.8, 4) is 0 Å². The zero-order valence-corrected chi connectivity index (χ0v) is 15.0. The van der Waals surface area contributed by atoms with Crippen LogP contribution in [0.2, 0.25) is 0 Å². The van der Waals surface area contributed by atoms with Crippen molar-refractivity contribution in [2.45, 2.75) is 19.9 Å². The van der Waals surface area contributed by atoms with E-state index in [-0.39, 0.29) is 5.97 Å². The molecule has 0 atom stereocenters. The number of hydrogen-bond acceptors (Lipinski definition) is 5. The second-order valence-electron chi connectivity index (χ2n) is 5.99. The van der Waals surface area contributed by atoms with Gasteiger partial charge in [0.25, 0.3) is 0 Å². The molecule has 0 aliphatic rings. The number of ether oxygens (including phenoxy) is 1. The van der Waals surface area contributed by atoms with Crippen LogP contribution in [-0.2, 0) is 11.3 Å². The fourth-order valence-corrected chi connectivity index (χ4v) is 2.68. The smallest absolute Gasteiger partial charge is 0.340 e. The summed E-state index contributed by atoms with van der Waals surface area (Å²) in [5.74, 6) is -0.349. The number of anilines is 2. The third kappa shape index (κ3) is 5.80. The number of hydrogen-bond donors (Lipinski definition) is 2. The van der Waals surface area contributed by atoms with Crippen molar-refractivity contribution >= 4 is 17.3 Å². The van der Waals surface area contributed by atoms with Crippen LogP contribution in [0.15, 0.2) is 48.5 Å². The minimum Gasteiger partial charge on any atom is -0.462 e. The standard InChI is InChI=1S/C20H27N3O2/c1-3-25-20(24)17-11-7-12-18(21)19(17)22-13-8-14-23(2)15-16-9-5-4-6-10-16/h4-7,9-12,22H,3,8,13-15,21H2,1-2H3. The molecule has 2 aromatic rings. The van der Waals surface area contributed by atoms with Crippen molar-refractivity contribution in [3.63, 3.8) is 0 Å². The van der Waals surface area contributed by atoms with E-state index in [1.54, 1.807) is 25.1 Å². The zero-order valence-electron chi connectivity index (χ0n) is 15.0. The van der Waals surface area contributed by atoms with Gasteiger partial charge in [-0.2, -0.15) is 0 Å². The van der Waals surface area contributed by atoms with E-state index in [2.05, 4.69) is 41.5 Å². The van der Waals surface area contributed by atoms with E-state index >= 15 is 0 Å². The normalized spacial score (nSPS) is 10.7. The van der Waals surface area contributed by atoms with Crippen molar-refractivity contribution in [3.05, 3.63) is 59.7 Å². The van der Waals surface area contributed by atoms with Gasteiger partial charge in [0.1, 0.15) is 0 Å². The highest BCUT2D eigenvalue weighted by molar-refractivity contribution is 5.98. The Morgan fingerprint density at radius 3 is 2.64 bits per heavy atom. The van der Waals surface area contributed by atoms with Gasteiger partial charge in [0.2, 0.25) is 0 Å². The summed E-state index contributed by atoms with van der Waals surface area (Å²) >= 11 is 0. The first-order valence-electron chi connectivity index (χ1n) is 8.63. The Labute approximate surface area is 149 Å². The maximum Gasteiger partial charge on any atom is 0.340 e. The Hall–Kier alpha value is -2.53. The number of carbonyl (C=O) groups excluding carboxylic acids is 1. The van der Waals surface area contributed by atoms with E-state index in [0.717, 1.165) is 26.1 Å². The Bertz CT molecular complexity index is 674. The molecule has 134 valence electrons. The molecule has 5 heteroatoms. The number of nitrogens with one attached hydrogen (secondary N) is 1. The van der Waals surface area contributed by atoms with E-state index in [9.17, 15) is 4.79 Å². The van der Waals surface area contributed by atoms with Crippen molar-refractivity contribution < 1.29 is 9.53 Å². The van der Waals surface area contributed by atoms with Crippen LogP contribution in [0.3, 0.4) is 0 Å². The van der Waals surface area contributed by atoms with Crippen LogP contribution in [0.4, 0.5) is 11.4 Å². The van der Waals surface area contributed by atoms with Crippen LogP contribution in [0, 0.1) is 0 Å². The van der Waals surface area contributed by atoms with Gasteiger partial charge < -0.3 is 20.7 Å². The van der Waals surface area contributed by atoms with E-state index < -0.39 is 0 Å². The molecular weight excluding hydrogens is 314 g/mol. The monoisotopic (exact) mass is 341 g/mol. The summed E-state index contributed by atoms with van der Waals surface area (Å²) in [4.78, 5) is 14.3. The van der Waals surface area contributed by atoms with Gasteiger partial charge in [0.15, 0.2) is 0 Å². The highest BCUT2D eigenvalue weighted by Crippen LogP contribution is 2.24. The number of para-hydroxylation sites is 1. The van der Waals surface area contributed by atoms with Gasteiger partial charge in [-0.15, -0.1) is 0 Å². The lowest BCUT2D eigenvalue weighted by molar-refractivity contribution is 0.0527. The molecule has 25 heavy (non-hydrogen) atoms. The van der Waals surface area contributed by atoms with Gasteiger partial charge in [-0.3, -0.25) is 0 Å². The fourth-order valence-electron chi connectivity index (χ4n) is 2.68. The summed E-state index contributed by atoms with van der Waals surface area (Å²) in [6, 6.07) is 15.7. The van der Waals surface area contributed by atoms with Crippen molar-refractivity contribution in [1.29, 1.82) is 0 Å². The fraction of sp³-hybridized carbons (Fsp3) is 0.350. The van der Waals surface area contributed by atoms with Crippen LogP contribution in [0.1, 0.15) is 29.3 Å². The summed E-state index contributed by atoms with van der Waals surface area (Å²) in [6.45, 7) is 4.74. The number of nitrogen functional groups attached to an aromatic ring is 1. The molecule has 0 unspecified atom stereocenters. The number of nitrogens with zero attached hydrogens (tertiary/aromatic N) is 1. The lowest BCUT2D eigenvalue weighted by Crippen LogP contribution is -2.21. The van der Waals surface area contributed by atoms with Crippen LogP contribution < -0.4 is 11.1 Å². The molecule has 0 bridgehead atoms. The highest BCUT2D eigenvalue weighted by Gasteiger charge is 2.14. The van der Waals surface area contributed by atoms with Crippen LogP contribution in [0.5, 0.6) is 0 Å². The minimum atomic E-state index is -0.349. The molecule has 0 fully saturated rings. The predicted octanol–water partition coefficient (Wildman–Crippen LogP) is 3.38. The second-order valence-corrected chi connectivity index (χ2v) is 5.99. The van der Waals surface area contributed by atoms with Crippen molar-refractivity contribution in [1.82, 2.24) is 4.90 Å². The molecule has 0 heterocycles. The van der Waals surface area contributed by atoms with Crippen molar-refractivity contribution in [2.24, 2.45) is 0 Å². The third-order valence-electron chi connectivity index (χ3n) is 3.91. The molecule has 0 saturated heterocycles. The molecule has 0 radical (unpaired) electrons. The lowest BCUT2D eigenvalue weighted by atomic mass is 10.1. The van der Waals surface area contributed by atoms with Crippen LogP contribution in [-0.4, -0.2) is 37.6 Å². The number of carbonyl (C=O) groups is 1. The van der Waals surface area contributed by atoms with Crippen LogP contribution in [0.25, 0.3) is 0 Å². The number of benzene rings is 2. The third-order valence-corrected chi connectivity index (χ3v) is 3.91. The summed E-state index contributed by atoms with van der Waals surface area (Å²) in [7, 11) is 2.11. The molecule has 0 saturated carbocycles. The molecule has 3 N–H and O–H groups in total. The van der Waals surface area contributed by atoms with E-state index in [1.165, 1.54) is 5.56 Å². The molecule has 0 spiro atoms. The Morgan fingerprint density at radius 1 is 1.16 bits per heavy atom. The van der Waals surface area contributed by atoms with E-state index in [1.807, 2.05) is 6.07 Å². The summed E-state index contributed by atoms with van der Waals surface area (Å²) < 4.78 is 5.09. The van der Waals surface area contributed by atoms with Gasteiger partial charge in [-0.1, -0.05) is 36.4 Å². The van der Waals surface area contributed by atoms with E-state index in [0.29, 0.717) is 23.5 Å². The Kier molecular flexibility index (Phi) is 7.29. The Balaban J connectivity index is 1.84. The summed E-state index contributed by atoms with van der Waals surface area (Å²) in [6.07, 6.45) is 0.944. The predicted molar refractivity (Wildman–Crippen MR) is 103 cm³/mol. The first-order chi connectivity index (χ1) is 12.1. The van der Waals surface area contributed by atoms with Gasteiger partial charge in [0, 0.05) is 13.1 Å². The van der Waals surface area contributed by atoms with Gasteiger partial charge in [-0.25, -0.2) is 4.79 Å². The lowest BCUT2D eigenvalue weighted by Gasteiger charge is -2.18. The molecule has 0 aromatic heterocycles. The SMILES string of the molecule is CCOC(=O)c1cccc(N)c1NCCCN(C)Cc1ccccc1. The quantitative estimate of drug-likeness (QED) is 0.416. The molecule has 2 aromatic carbocycles. The molecule has 0 aliphatic heterocycles. The zero-order chi connectivity index (χ0) is 18.1. The number of rotatable bonds is 9. The molecular formula is C20H27N3O2. The van der Waals surface area contributed by atoms with Gasteiger partial charge in [-0.05, 0) is 44.6 Å². The first kappa shape index (κ1) is 18.8. The minimum absolute atomic E-state index is 0.345. The average Bonchev–Trinajstić information content (AvgIpc) is 2.60. The van der Waals surface area contributed by atoms with Gasteiger partial charge in [0.05, 0.1) is 23.5 Å². The van der Waals surface area contributed by atoms with E-state index in [4.69, 9.17) is 10.5 Å². The second kappa shape index (κ2) is 9.69. The Morgan fingerprint density at radius 2 is 1.92 bits per heavy atom. The average molecular weight is 341 g/mol. The maximum absolute atomic E-state index is 12.0. The first-order valence-corrected chi connectivity index (χ1v) is 8.63. The van der Waals surface area contributed by atoms with Crippen LogP contribution >= 0.6 is 0 Å². The van der Waals surface area contributed by atoms with Crippen molar-refractivity contribution in [2.75, 3.05) is 37.8 Å². The summed E-state index contributed by atoms with van der Waals surface area (Å²) in [5.41, 5.74) is 9.02.